The van der Waals surface area contributed by atoms with Crippen molar-refractivity contribution in [1.82, 2.24) is 10.2 Å². The van der Waals surface area contributed by atoms with Crippen LogP contribution in [-0.2, 0) is 16.0 Å². The highest BCUT2D eigenvalue weighted by atomic mass is 79.9. The molecule has 0 saturated carbocycles. The average molecular weight is 2580 g/mol. The topological polar surface area (TPSA) is 137 Å². The molecule has 0 aliphatic carbocycles. The van der Waals surface area contributed by atoms with Crippen molar-refractivity contribution < 1.29 is 24.3 Å². The summed E-state index contributed by atoms with van der Waals surface area (Å²) >= 11 is 6.59. The molecular weight excluding hydrogens is 2500 g/mol. The first-order chi connectivity index (χ1) is 43.7. The molecule has 1 heterocycles. The van der Waals surface area contributed by atoms with Gasteiger partial charge in [-0.1, -0.05) is 64.1 Å². The second-order valence-electron chi connectivity index (χ2n) is 16.3. The molecule has 1 aromatic heterocycles. The molecule has 0 spiro atoms. The molecule has 0 aliphatic heterocycles. The molecule has 40 atom stereocenters. The lowest BCUT2D eigenvalue weighted by Gasteiger charge is -2.53. The van der Waals surface area contributed by atoms with Crippen molar-refractivity contribution in [3.63, 3.8) is 0 Å². The van der Waals surface area contributed by atoms with E-state index in [-0.39, 0.29) is 226 Å². The lowest BCUT2D eigenvalue weighted by Crippen LogP contribution is -2.24. The first kappa shape index (κ1) is 119. The molecule has 0 fully saturated rings. The molecule has 0 saturated heterocycles. The van der Waals surface area contributed by atoms with Gasteiger partial charge in [0.25, 0.3) is 5.78 Å². The van der Waals surface area contributed by atoms with E-state index in [2.05, 4.69) is 341 Å². The second-order valence-corrected chi connectivity index (χ2v) is 271. The van der Waals surface area contributed by atoms with Crippen LogP contribution in [-0.4, -0.2) is 43.2 Å². The van der Waals surface area contributed by atoms with E-state index in [0.29, 0.717) is 5.69 Å². The number of halogens is 2. The number of H-pyrrole nitrogens is 1. The Bertz CT molecular complexity index is 2670. The third-order valence-corrected chi connectivity index (χ3v) is 429. The Labute approximate surface area is 696 Å². The molecule has 546 valence electrons. The van der Waals surface area contributed by atoms with Crippen molar-refractivity contribution in [2.24, 2.45) is 0 Å². The number of rotatable bonds is 34. The van der Waals surface area contributed by atoms with Crippen LogP contribution in [0.2, 0.25) is 0 Å². The minimum absolute atomic E-state index is 0.0135. The molecule has 3 aromatic rings. The molecule has 0 bridgehead atoms. The standard InChI is InChI=1S/2C11H9BrN2O2.H34P32.H33P31/c1-6(15)9-11(16)10(14-13-9)7-2-4-8(12)5-3-7;1-7(15)11(14-13)10(16)6-8-2-4-9(12)5-3-8;1-18(2)26(17)30(25(15)16)32(29(23(11)12)24(13)14)31(27(19(3)4)20(5)6)28(21(7)8)22(9)10;1-17-25(16)29(24(14)15)31(28(22(10)11)23(12)13)30(26(18(2)3)19(4)5)27(20(6)7)21(8)9/h2-5,16H,1H3,(H,13,14);2-5H,6H2,1H3;1-17H2;17H,1-16H2. The van der Waals surface area contributed by atoms with E-state index in [1.54, 1.807) is 24.3 Å². The molecule has 73 heteroatoms. The summed E-state index contributed by atoms with van der Waals surface area (Å²) in [7, 11) is 110. The molecule has 2 aromatic carbocycles. The van der Waals surface area contributed by atoms with Crippen molar-refractivity contribution in [3.05, 3.63) is 74.3 Å². The van der Waals surface area contributed by atoms with Crippen molar-refractivity contribution in [2.75, 3.05) is 0 Å². The van der Waals surface area contributed by atoms with Gasteiger partial charge in [-0.05, 0) is 232 Å². The smallest absolute Gasteiger partial charge is 0.400 e. The Balaban J connectivity index is 0.00000130. The van der Waals surface area contributed by atoms with Crippen molar-refractivity contribution >= 4 is 560 Å². The van der Waals surface area contributed by atoms with Gasteiger partial charge in [0.1, 0.15) is 11.4 Å². The van der Waals surface area contributed by atoms with Gasteiger partial charge in [0, 0.05) is 34.8 Å². The fourth-order valence-corrected chi connectivity index (χ4v) is 829. The third kappa shape index (κ3) is 44.4. The predicted molar refractivity (Wildman–Crippen MR) is 655 cm³/mol. The number of nitrogens with one attached hydrogen (secondary N) is 1. The summed E-state index contributed by atoms with van der Waals surface area (Å²) in [6.45, 7) is 1.96. The average Bonchev–Trinajstić information content (AvgIpc) is 1.38. The summed E-state index contributed by atoms with van der Waals surface area (Å²) in [5, 5.41) is 16.2. The zero-order valence-corrected chi connectivity index (χ0v) is 118. The number of aromatic hydroxyl groups is 1. The van der Waals surface area contributed by atoms with Crippen LogP contribution in [0.3, 0.4) is 0 Å². The number of nitrogens with zero attached hydrogens (tertiary/aromatic N) is 3. The van der Waals surface area contributed by atoms with E-state index in [0.717, 1.165) is 28.0 Å². The molecule has 2 N–H and O–H groups in total. The van der Waals surface area contributed by atoms with Crippen molar-refractivity contribution in [2.45, 2.75) is 20.3 Å². The van der Waals surface area contributed by atoms with Gasteiger partial charge in [-0.15, -0.1) is 295 Å². The number of aromatic nitrogens is 2. The molecule has 0 amide bonds. The highest BCUT2D eigenvalue weighted by Gasteiger charge is 2.53. The number of carbonyl (C=O) groups is 3. The minimum atomic E-state index is -0.537. The van der Waals surface area contributed by atoms with Gasteiger partial charge in [0.15, 0.2) is 11.5 Å². The maximum absolute atomic E-state index is 11.5. The first-order valence-corrected chi connectivity index (χ1v) is 138. The summed E-state index contributed by atoms with van der Waals surface area (Å²) in [6, 6.07) is 14.4. The molecule has 3 rings (SSSR count). The van der Waals surface area contributed by atoms with Gasteiger partial charge >= 0.3 is 5.71 Å². The van der Waals surface area contributed by atoms with Crippen LogP contribution >= 0.6 is 537 Å². The number of benzene rings is 2. The van der Waals surface area contributed by atoms with Gasteiger partial charge in [-0.2, -0.15) is 9.89 Å². The molecule has 40 unspecified atom stereocenters. The third-order valence-electron chi connectivity index (χ3n) is 9.42. The summed E-state index contributed by atoms with van der Waals surface area (Å²) in [5.74, 6) is -1.37. The Morgan fingerprint density at radius 1 is 0.442 bits per heavy atom. The summed E-state index contributed by atoms with van der Waals surface area (Å²) < 4.78 is 1.85. The highest BCUT2D eigenvalue weighted by Crippen LogP contribution is 3.41. The van der Waals surface area contributed by atoms with Gasteiger partial charge in [-0.25, -0.2) is 0 Å². The monoisotopic (exact) mass is 2580 g/mol. The van der Waals surface area contributed by atoms with Crippen molar-refractivity contribution in [3.8, 4) is 17.0 Å². The van der Waals surface area contributed by atoms with Gasteiger partial charge in [0.05, 0.1) is 0 Å². The minimum Gasteiger partial charge on any atom is -0.504 e. The van der Waals surface area contributed by atoms with Crippen LogP contribution in [0.1, 0.15) is 29.9 Å². The number of Topliss-reactive ketones (excluding diaryl/α,β-unsaturated/α-hetero) is 3. The Morgan fingerprint density at radius 3 is 0.947 bits per heavy atom. The Kier molecular flexibility index (Phi) is 81.9. The summed E-state index contributed by atoms with van der Waals surface area (Å²) in [4.78, 5) is 36.3. The normalized spacial score (nSPS) is 14.6. The molecule has 8 nitrogen and oxygen atoms in total. The number of hydrogen-bond acceptors (Lipinski definition) is 5. The lowest BCUT2D eigenvalue weighted by molar-refractivity contribution is -0.122. The molecule has 0 aliphatic rings. The quantitative estimate of drug-likeness (QED) is 0.0153. The first-order valence-electron chi connectivity index (χ1n) is 23.4. The zero-order valence-electron chi connectivity index (χ0n) is 49.6. The fraction of sp³-hybridized carbons (Fsp3) is 0.136. The Hall–Kier alpha value is 23.9. The largest absolute Gasteiger partial charge is 0.504 e. The highest BCUT2D eigenvalue weighted by molar-refractivity contribution is 9.47. The van der Waals surface area contributed by atoms with E-state index in [1.165, 1.54) is 13.8 Å². The van der Waals surface area contributed by atoms with E-state index >= 15 is 0 Å². The second kappa shape index (κ2) is 65.4. The number of aromatic amines is 1. The van der Waals surface area contributed by atoms with Crippen molar-refractivity contribution in [1.29, 1.82) is 0 Å². The van der Waals surface area contributed by atoms with Crippen LogP contribution in [0.4, 0.5) is 0 Å². The van der Waals surface area contributed by atoms with Crippen LogP contribution < -0.4 is 0 Å². The van der Waals surface area contributed by atoms with Crippen LogP contribution in [0.5, 0.6) is 5.75 Å². The van der Waals surface area contributed by atoms with Crippen LogP contribution in [0.15, 0.2) is 57.5 Å². The maximum atomic E-state index is 11.5. The maximum Gasteiger partial charge on any atom is 0.400 e. The van der Waals surface area contributed by atoms with E-state index in [4.69, 9.17) is 5.53 Å². The predicted octanol–water partition coefficient (Wildman–Crippen LogP) is 40.9. The number of ketones is 3. The van der Waals surface area contributed by atoms with Crippen LogP contribution in [0, 0.1) is 0 Å². The summed E-state index contributed by atoms with van der Waals surface area (Å²) in [6.07, 6.45) is 0.0479. The molecule has 95 heavy (non-hydrogen) atoms. The number of hydrogen-bond donors (Lipinski definition) is 2. The summed E-state index contributed by atoms with van der Waals surface area (Å²) in [5.41, 5.74) is 10.2. The van der Waals surface area contributed by atoms with Crippen LogP contribution in [0.25, 0.3) is 16.8 Å². The SMILES string of the molecule is CC(=O)C(=[N+]=[N-])C(=O)Cc1ccc(Br)cc1.CC(=O)c1[nH]nc(-c2ccc(Br)cc2)c1O.PP(P)P(P)P(P(P)P)P(P(P(P)P)P(P)P)P(P(P(P)P)P(P)P)P(P(P)P)P(P)P.PPP(P)P(P(P)P)P(P(P(P)P)P(P)P)P(P(P(P)P)P(P)P)P(P(P)P)P(P)P. The zero-order chi connectivity index (χ0) is 74.3. The lowest BCUT2D eigenvalue weighted by atomic mass is 10.0. The van der Waals surface area contributed by atoms with Gasteiger partial charge < -0.3 is 10.6 Å². The number of carbonyl (C=O) groups excluding carboxylic acids is 3. The van der Waals surface area contributed by atoms with E-state index in [1.807, 2.05) is 24.3 Å². The molecule has 0 radical (unpaired) electrons. The molecular formula is C22H85Br2N4O4P63. The van der Waals surface area contributed by atoms with E-state index in [9.17, 15) is 19.5 Å². The Morgan fingerprint density at radius 2 is 0.716 bits per heavy atom. The van der Waals surface area contributed by atoms with Gasteiger partial charge in [-0.3, -0.25) is 19.5 Å². The van der Waals surface area contributed by atoms with E-state index < -0.39 is 17.3 Å². The fourth-order valence-electron chi connectivity index (χ4n) is 5.98. The van der Waals surface area contributed by atoms with Gasteiger partial charge in [0.2, 0.25) is 5.78 Å².